The summed E-state index contributed by atoms with van der Waals surface area (Å²) in [5.41, 5.74) is 2.11. The number of aromatic nitrogens is 1. The second-order valence-electron chi connectivity index (χ2n) is 4.76. The Labute approximate surface area is 125 Å². The first kappa shape index (κ1) is 13.1. The molecule has 3 nitrogen and oxygen atoms in total. The summed E-state index contributed by atoms with van der Waals surface area (Å²) in [5.74, 6) is 0. The van der Waals surface area contributed by atoms with Crippen molar-refractivity contribution in [3.63, 3.8) is 0 Å². The summed E-state index contributed by atoms with van der Waals surface area (Å²) < 4.78 is 5.60. The Morgan fingerprint density at radius 1 is 1.32 bits per heavy atom. The molecular formula is C14H15BrN2OS. The molecule has 0 bridgehead atoms. The molecular weight excluding hydrogens is 324 g/mol. The first-order chi connectivity index (χ1) is 9.25. The van der Waals surface area contributed by atoms with E-state index in [4.69, 9.17) is 0 Å². The molecule has 1 aliphatic heterocycles. The average molecular weight is 339 g/mol. The number of nitrogens with zero attached hydrogens (tertiary/aromatic N) is 2. The van der Waals surface area contributed by atoms with Crippen LogP contribution in [0, 0.1) is 0 Å². The van der Waals surface area contributed by atoms with E-state index in [1.165, 1.54) is 11.5 Å². The molecule has 0 amide bonds. The molecule has 0 unspecified atom stereocenters. The highest BCUT2D eigenvalue weighted by Gasteiger charge is 2.23. The van der Waals surface area contributed by atoms with Gasteiger partial charge in [-0.15, -0.1) is 0 Å². The number of halogens is 1. The lowest BCUT2D eigenvalue weighted by Crippen LogP contribution is -2.37. The minimum Gasteiger partial charge on any atom is -0.391 e. The molecule has 1 aliphatic rings. The minimum atomic E-state index is -0.220. The molecule has 0 saturated carbocycles. The second kappa shape index (κ2) is 5.61. The summed E-state index contributed by atoms with van der Waals surface area (Å²) in [4.78, 5) is 2.22. The predicted octanol–water partition coefficient (Wildman–Crippen LogP) is 3.53. The Kier molecular flexibility index (Phi) is 3.86. The fraction of sp³-hybridized carbons (Fsp3) is 0.357. The SMILES string of the molecule is O[C@@H]1CCCN(c2snc(-c3ccccc3)c2Br)C1. The number of benzene rings is 1. The van der Waals surface area contributed by atoms with Crippen LogP contribution in [0.1, 0.15) is 12.8 Å². The van der Waals surface area contributed by atoms with Gasteiger partial charge in [0.25, 0.3) is 0 Å². The van der Waals surface area contributed by atoms with Crippen molar-refractivity contribution in [3.8, 4) is 11.3 Å². The maximum Gasteiger partial charge on any atom is 0.127 e. The molecule has 100 valence electrons. The van der Waals surface area contributed by atoms with E-state index in [1.54, 1.807) is 0 Å². The fourth-order valence-electron chi connectivity index (χ4n) is 2.38. The van der Waals surface area contributed by atoms with Gasteiger partial charge in [-0.3, -0.25) is 0 Å². The molecule has 1 aromatic heterocycles. The molecule has 1 atom stereocenters. The summed E-state index contributed by atoms with van der Waals surface area (Å²) in [6.07, 6.45) is 1.72. The maximum atomic E-state index is 9.78. The molecule has 0 radical (unpaired) electrons. The Bertz CT molecular complexity index is 558. The van der Waals surface area contributed by atoms with Gasteiger partial charge < -0.3 is 10.0 Å². The molecule has 19 heavy (non-hydrogen) atoms. The number of hydrogen-bond acceptors (Lipinski definition) is 4. The van der Waals surface area contributed by atoms with Crippen LogP contribution in [0.4, 0.5) is 5.00 Å². The van der Waals surface area contributed by atoms with Crippen LogP contribution in [0.5, 0.6) is 0 Å². The maximum absolute atomic E-state index is 9.78. The molecule has 5 heteroatoms. The third-order valence-corrected chi connectivity index (χ3v) is 5.27. The van der Waals surface area contributed by atoms with Gasteiger partial charge >= 0.3 is 0 Å². The van der Waals surface area contributed by atoms with Gasteiger partial charge in [0.1, 0.15) is 10.7 Å². The predicted molar refractivity (Wildman–Crippen MR) is 82.7 cm³/mol. The minimum absolute atomic E-state index is 0.220. The van der Waals surface area contributed by atoms with Crippen LogP contribution in [0.2, 0.25) is 0 Å². The van der Waals surface area contributed by atoms with Crippen molar-refractivity contribution < 1.29 is 5.11 Å². The number of aliphatic hydroxyl groups excluding tert-OH is 1. The van der Waals surface area contributed by atoms with Crippen LogP contribution in [0.15, 0.2) is 34.8 Å². The summed E-state index contributed by atoms with van der Waals surface area (Å²) in [5, 5.41) is 10.9. The first-order valence-corrected chi connectivity index (χ1v) is 7.96. The van der Waals surface area contributed by atoms with Crippen LogP contribution >= 0.6 is 27.5 Å². The van der Waals surface area contributed by atoms with E-state index in [9.17, 15) is 5.11 Å². The van der Waals surface area contributed by atoms with E-state index in [0.717, 1.165) is 40.1 Å². The summed E-state index contributed by atoms with van der Waals surface area (Å²) >= 11 is 5.17. The molecule has 1 fully saturated rings. The summed E-state index contributed by atoms with van der Waals surface area (Å²) in [6, 6.07) is 10.2. The van der Waals surface area contributed by atoms with Crippen LogP contribution in [-0.4, -0.2) is 28.7 Å². The number of piperidine rings is 1. The van der Waals surface area contributed by atoms with E-state index < -0.39 is 0 Å². The Hall–Kier alpha value is -0.910. The lowest BCUT2D eigenvalue weighted by molar-refractivity contribution is 0.154. The molecule has 1 saturated heterocycles. The van der Waals surface area contributed by atoms with Gasteiger partial charge in [-0.05, 0) is 40.3 Å². The Morgan fingerprint density at radius 3 is 2.84 bits per heavy atom. The fourth-order valence-corrected chi connectivity index (χ4v) is 4.12. The molecule has 1 N–H and O–H groups in total. The molecule has 0 aliphatic carbocycles. The number of hydrogen-bond donors (Lipinski definition) is 1. The van der Waals surface area contributed by atoms with Gasteiger partial charge in [-0.1, -0.05) is 30.3 Å². The highest BCUT2D eigenvalue weighted by Crippen LogP contribution is 2.40. The van der Waals surface area contributed by atoms with E-state index in [0.29, 0.717) is 6.54 Å². The van der Waals surface area contributed by atoms with Crippen molar-refractivity contribution in [2.75, 3.05) is 18.0 Å². The van der Waals surface area contributed by atoms with E-state index in [2.05, 4.69) is 37.3 Å². The van der Waals surface area contributed by atoms with Crippen LogP contribution in [0.3, 0.4) is 0 Å². The third-order valence-electron chi connectivity index (χ3n) is 3.35. The van der Waals surface area contributed by atoms with Crippen molar-refractivity contribution in [2.24, 2.45) is 0 Å². The molecule has 3 rings (SSSR count). The third kappa shape index (κ3) is 2.68. The van der Waals surface area contributed by atoms with E-state index in [1.807, 2.05) is 18.2 Å². The topological polar surface area (TPSA) is 36.4 Å². The van der Waals surface area contributed by atoms with Crippen LogP contribution in [-0.2, 0) is 0 Å². The van der Waals surface area contributed by atoms with Gasteiger partial charge in [0.2, 0.25) is 0 Å². The molecule has 1 aromatic carbocycles. The largest absolute Gasteiger partial charge is 0.391 e. The highest BCUT2D eigenvalue weighted by atomic mass is 79.9. The van der Waals surface area contributed by atoms with Crippen molar-refractivity contribution in [3.05, 3.63) is 34.8 Å². The average Bonchev–Trinajstić information content (AvgIpc) is 2.81. The molecule has 0 spiro atoms. The number of rotatable bonds is 2. The van der Waals surface area contributed by atoms with Crippen LogP contribution < -0.4 is 4.90 Å². The zero-order chi connectivity index (χ0) is 13.2. The first-order valence-electron chi connectivity index (χ1n) is 6.39. The highest BCUT2D eigenvalue weighted by molar-refractivity contribution is 9.10. The Balaban J connectivity index is 1.91. The van der Waals surface area contributed by atoms with Gasteiger partial charge in [-0.2, -0.15) is 4.37 Å². The van der Waals surface area contributed by atoms with Crippen molar-refractivity contribution in [1.29, 1.82) is 0 Å². The summed E-state index contributed by atoms with van der Waals surface area (Å²) in [6.45, 7) is 1.70. The lowest BCUT2D eigenvalue weighted by Gasteiger charge is -2.30. The van der Waals surface area contributed by atoms with Gasteiger partial charge in [0, 0.05) is 18.7 Å². The Morgan fingerprint density at radius 2 is 2.11 bits per heavy atom. The van der Waals surface area contributed by atoms with E-state index >= 15 is 0 Å². The number of anilines is 1. The van der Waals surface area contributed by atoms with Gasteiger partial charge in [0.15, 0.2) is 0 Å². The number of aliphatic hydroxyl groups is 1. The van der Waals surface area contributed by atoms with Gasteiger partial charge in [-0.25, -0.2) is 0 Å². The van der Waals surface area contributed by atoms with Crippen LogP contribution in [0.25, 0.3) is 11.3 Å². The van der Waals surface area contributed by atoms with Gasteiger partial charge in [0.05, 0.1) is 10.6 Å². The van der Waals surface area contributed by atoms with Crippen molar-refractivity contribution >= 4 is 32.5 Å². The summed E-state index contributed by atoms with van der Waals surface area (Å²) in [7, 11) is 0. The van der Waals surface area contributed by atoms with E-state index in [-0.39, 0.29) is 6.10 Å². The zero-order valence-corrected chi connectivity index (χ0v) is 12.8. The molecule has 2 heterocycles. The monoisotopic (exact) mass is 338 g/mol. The standard InChI is InChI=1S/C14H15BrN2OS/c15-12-13(10-5-2-1-3-6-10)16-19-14(12)17-8-4-7-11(18)9-17/h1-3,5-6,11,18H,4,7-9H2/t11-/m1/s1. The quantitative estimate of drug-likeness (QED) is 0.909. The smallest absolute Gasteiger partial charge is 0.127 e. The number of β-amino-alcohol motifs (C(OH)–C–C–N with tert-alkyl or cyclic N) is 1. The normalized spacial score (nSPS) is 19.7. The van der Waals surface area contributed by atoms with Crippen molar-refractivity contribution in [2.45, 2.75) is 18.9 Å². The van der Waals surface area contributed by atoms with Crippen molar-refractivity contribution in [1.82, 2.24) is 4.37 Å². The second-order valence-corrected chi connectivity index (χ2v) is 6.30. The molecule has 2 aromatic rings. The zero-order valence-electron chi connectivity index (χ0n) is 10.4. The lowest BCUT2D eigenvalue weighted by atomic mass is 10.1.